The summed E-state index contributed by atoms with van der Waals surface area (Å²) < 4.78 is 22.6. The van der Waals surface area contributed by atoms with Gasteiger partial charge in [-0.1, -0.05) is 42.5 Å². The summed E-state index contributed by atoms with van der Waals surface area (Å²) in [5, 5.41) is 0.902. The van der Waals surface area contributed by atoms with E-state index in [1.165, 1.54) is 12.1 Å². The maximum Gasteiger partial charge on any atom is 0.278 e. The molecule has 0 aliphatic heterocycles. The molecule has 0 saturated carbocycles. The highest BCUT2D eigenvalue weighted by Gasteiger charge is 2.17. The Hall–Kier alpha value is -3.93. The Morgan fingerprint density at radius 1 is 0.935 bits per heavy atom. The van der Waals surface area contributed by atoms with Gasteiger partial charge in [-0.2, -0.15) is 0 Å². The third-order valence-electron chi connectivity index (χ3n) is 5.45. The highest BCUT2D eigenvalue weighted by Crippen LogP contribution is 2.26. The van der Waals surface area contributed by atoms with Gasteiger partial charge in [-0.05, 0) is 41.5 Å². The smallest absolute Gasteiger partial charge is 0.278 e. The minimum Gasteiger partial charge on any atom is -0.497 e. The van der Waals surface area contributed by atoms with Crippen LogP contribution < -0.4 is 10.3 Å². The van der Waals surface area contributed by atoms with E-state index in [2.05, 4.69) is 4.98 Å². The lowest BCUT2D eigenvalue weighted by Crippen LogP contribution is -2.23. The molecule has 0 bridgehead atoms. The minimum atomic E-state index is -0.299. The molecule has 31 heavy (non-hydrogen) atoms. The number of halogens is 1. The standard InChI is InChI=1S/C25H20FN3O2/c1-31-20-9-5-7-18(13-20)14-28-16-27-23-21-10-2-3-11-22(21)29(24(23)25(28)30)15-17-6-4-8-19(26)12-17/h2-13,16H,14-15H2,1H3. The zero-order chi connectivity index (χ0) is 21.4. The van der Waals surface area contributed by atoms with Crippen molar-refractivity contribution in [3.8, 4) is 5.75 Å². The Morgan fingerprint density at radius 2 is 1.71 bits per heavy atom. The second kappa shape index (κ2) is 7.72. The van der Waals surface area contributed by atoms with Gasteiger partial charge in [-0.3, -0.25) is 9.36 Å². The first-order valence-electron chi connectivity index (χ1n) is 9.98. The van der Waals surface area contributed by atoms with Crippen molar-refractivity contribution in [2.24, 2.45) is 0 Å². The molecular formula is C25H20FN3O2. The van der Waals surface area contributed by atoms with Crippen LogP contribution in [0.15, 0.2) is 83.9 Å². The molecule has 0 N–H and O–H groups in total. The Balaban J connectivity index is 1.68. The number of hydrogen-bond acceptors (Lipinski definition) is 3. The first-order valence-corrected chi connectivity index (χ1v) is 9.98. The lowest BCUT2D eigenvalue weighted by Gasteiger charge is -2.10. The molecule has 0 saturated heterocycles. The number of methoxy groups -OCH3 is 1. The first kappa shape index (κ1) is 19.1. The van der Waals surface area contributed by atoms with Gasteiger partial charge in [0.2, 0.25) is 0 Å². The predicted molar refractivity (Wildman–Crippen MR) is 119 cm³/mol. The van der Waals surface area contributed by atoms with Crippen LogP contribution in [0.2, 0.25) is 0 Å². The topological polar surface area (TPSA) is 49.0 Å². The largest absolute Gasteiger partial charge is 0.497 e. The number of fused-ring (bicyclic) bond motifs is 3. The fourth-order valence-corrected chi connectivity index (χ4v) is 4.01. The molecule has 3 aromatic carbocycles. The number of rotatable bonds is 5. The van der Waals surface area contributed by atoms with Crippen LogP contribution in [0, 0.1) is 5.82 Å². The molecule has 6 heteroatoms. The van der Waals surface area contributed by atoms with Crippen molar-refractivity contribution < 1.29 is 9.13 Å². The molecule has 0 radical (unpaired) electrons. The summed E-state index contributed by atoms with van der Waals surface area (Å²) in [4.78, 5) is 18.2. The van der Waals surface area contributed by atoms with Crippen molar-refractivity contribution in [1.29, 1.82) is 0 Å². The zero-order valence-electron chi connectivity index (χ0n) is 17.0. The molecule has 5 rings (SSSR count). The van der Waals surface area contributed by atoms with Gasteiger partial charge in [0.1, 0.15) is 22.6 Å². The molecule has 0 fully saturated rings. The van der Waals surface area contributed by atoms with Crippen LogP contribution in [0.4, 0.5) is 4.39 Å². The average Bonchev–Trinajstić information content (AvgIpc) is 3.10. The lowest BCUT2D eigenvalue weighted by atomic mass is 10.2. The number of hydrogen-bond donors (Lipinski definition) is 0. The number of nitrogens with zero attached hydrogens (tertiary/aromatic N) is 3. The minimum absolute atomic E-state index is 0.138. The Kier molecular flexibility index (Phi) is 4.75. The van der Waals surface area contributed by atoms with Crippen molar-refractivity contribution in [1.82, 2.24) is 14.1 Å². The van der Waals surface area contributed by atoms with E-state index in [0.29, 0.717) is 24.1 Å². The SMILES string of the molecule is COc1cccc(Cn2cnc3c4ccccc4n(Cc4cccc(F)c4)c3c2=O)c1. The third kappa shape index (κ3) is 3.46. The molecule has 154 valence electrons. The first-order chi connectivity index (χ1) is 15.1. The molecule has 0 amide bonds. The van der Waals surface area contributed by atoms with Crippen molar-refractivity contribution >= 4 is 21.9 Å². The molecular weight excluding hydrogens is 393 g/mol. The van der Waals surface area contributed by atoms with E-state index >= 15 is 0 Å². The second-order valence-corrected chi connectivity index (χ2v) is 7.46. The van der Waals surface area contributed by atoms with Crippen LogP contribution in [0.1, 0.15) is 11.1 Å². The highest BCUT2D eigenvalue weighted by atomic mass is 19.1. The Morgan fingerprint density at radius 3 is 2.52 bits per heavy atom. The summed E-state index contributed by atoms with van der Waals surface area (Å²) >= 11 is 0. The van der Waals surface area contributed by atoms with Gasteiger partial charge in [-0.25, -0.2) is 9.37 Å². The van der Waals surface area contributed by atoms with Crippen LogP contribution in [-0.4, -0.2) is 21.2 Å². The van der Waals surface area contributed by atoms with E-state index in [-0.39, 0.29) is 11.4 Å². The Bertz CT molecular complexity index is 1470. The van der Waals surface area contributed by atoms with Gasteiger partial charge in [-0.15, -0.1) is 0 Å². The quantitative estimate of drug-likeness (QED) is 0.423. The summed E-state index contributed by atoms with van der Waals surface area (Å²) in [5.41, 5.74) is 3.64. The predicted octanol–water partition coefficient (Wildman–Crippen LogP) is 4.60. The van der Waals surface area contributed by atoms with Gasteiger partial charge in [0, 0.05) is 11.9 Å². The van der Waals surface area contributed by atoms with E-state index in [1.807, 2.05) is 59.2 Å². The van der Waals surface area contributed by atoms with Gasteiger partial charge in [0.25, 0.3) is 5.56 Å². The molecule has 0 unspecified atom stereocenters. The highest BCUT2D eigenvalue weighted by molar-refractivity contribution is 6.05. The summed E-state index contributed by atoms with van der Waals surface area (Å²) in [6.07, 6.45) is 1.59. The molecule has 2 aromatic heterocycles. The van der Waals surface area contributed by atoms with Crippen molar-refractivity contribution in [2.45, 2.75) is 13.1 Å². The maximum absolute atomic E-state index is 13.8. The molecule has 0 aliphatic rings. The number of aromatic nitrogens is 3. The average molecular weight is 413 g/mol. The van der Waals surface area contributed by atoms with E-state index in [1.54, 1.807) is 24.1 Å². The van der Waals surface area contributed by atoms with Crippen LogP contribution >= 0.6 is 0 Å². The van der Waals surface area contributed by atoms with E-state index in [0.717, 1.165) is 27.8 Å². The van der Waals surface area contributed by atoms with Crippen LogP contribution in [0.5, 0.6) is 5.75 Å². The fraction of sp³-hybridized carbons (Fsp3) is 0.120. The molecule has 5 aromatic rings. The van der Waals surface area contributed by atoms with Gasteiger partial charge in [0.15, 0.2) is 0 Å². The third-order valence-corrected chi connectivity index (χ3v) is 5.45. The summed E-state index contributed by atoms with van der Waals surface area (Å²) in [5.74, 6) is 0.437. The number of ether oxygens (including phenoxy) is 1. The molecule has 5 nitrogen and oxygen atoms in total. The normalized spacial score (nSPS) is 11.3. The number of benzene rings is 3. The fourth-order valence-electron chi connectivity index (χ4n) is 4.01. The van der Waals surface area contributed by atoms with Crippen LogP contribution in [-0.2, 0) is 13.1 Å². The van der Waals surface area contributed by atoms with Crippen molar-refractivity contribution in [2.75, 3.05) is 7.11 Å². The van der Waals surface area contributed by atoms with Gasteiger partial charge in [0.05, 0.1) is 25.5 Å². The lowest BCUT2D eigenvalue weighted by molar-refractivity contribution is 0.414. The van der Waals surface area contributed by atoms with Crippen molar-refractivity contribution in [3.05, 3.63) is 106 Å². The molecule has 0 spiro atoms. The van der Waals surface area contributed by atoms with E-state index in [9.17, 15) is 9.18 Å². The molecule has 0 aliphatic carbocycles. The second-order valence-electron chi connectivity index (χ2n) is 7.46. The van der Waals surface area contributed by atoms with Crippen LogP contribution in [0.25, 0.3) is 21.9 Å². The van der Waals surface area contributed by atoms with Crippen LogP contribution in [0.3, 0.4) is 0 Å². The van der Waals surface area contributed by atoms with Gasteiger partial charge >= 0.3 is 0 Å². The summed E-state index contributed by atoms with van der Waals surface area (Å²) in [6, 6.07) is 21.8. The van der Waals surface area contributed by atoms with E-state index < -0.39 is 0 Å². The molecule has 0 atom stereocenters. The summed E-state index contributed by atoms with van der Waals surface area (Å²) in [6.45, 7) is 0.752. The maximum atomic E-state index is 13.8. The van der Waals surface area contributed by atoms with E-state index in [4.69, 9.17) is 4.74 Å². The van der Waals surface area contributed by atoms with Gasteiger partial charge < -0.3 is 9.30 Å². The zero-order valence-corrected chi connectivity index (χ0v) is 17.0. The van der Waals surface area contributed by atoms with Crippen molar-refractivity contribution in [3.63, 3.8) is 0 Å². The Labute approximate surface area is 178 Å². The number of para-hydroxylation sites is 1. The molecule has 2 heterocycles. The monoisotopic (exact) mass is 413 g/mol. The summed E-state index contributed by atoms with van der Waals surface area (Å²) in [7, 11) is 1.61.